The summed E-state index contributed by atoms with van der Waals surface area (Å²) in [5, 5.41) is 2.06. The quantitative estimate of drug-likeness (QED) is 0.599. The fraction of sp³-hybridized carbons (Fsp3) is 0. The minimum atomic E-state index is -0.591. The normalized spacial score (nSPS) is 10.6. The third-order valence-electron chi connectivity index (χ3n) is 3.13. The molecule has 0 saturated carbocycles. The van der Waals surface area contributed by atoms with Crippen LogP contribution in [0.4, 0.5) is 4.39 Å². The van der Waals surface area contributed by atoms with Crippen LogP contribution in [0.5, 0.6) is 11.5 Å². The van der Waals surface area contributed by atoms with Crippen LogP contribution in [0, 0.1) is 5.82 Å². The molecule has 4 heteroatoms. The fourth-order valence-electron chi connectivity index (χ4n) is 2.11. The van der Waals surface area contributed by atoms with E-state index in [2.05, 4.69) is 15.9 Å². The fourth-order valence-corrected chi connectivity index (χ4v) is 2.48. The Morgan fingerprint density at radius 2 is 1.76 bits per heavy atom. The maximum atomic E-state index is 13.5. The third kappa shape index (κ3) is 2.81. The molecule has 0 fully saturated rings. The maximum Gasteiger partial charge on any atom is 0.156 e. The molecule has 0 N–H and O–H groups in total. The van der Waals surface area contributed by atoms with E-state index in [0.29, 0.717) is 12.0 Å². The van der Waals surface area contributed by atoms with Crippen molar-refractivity contribution in [2.24, 2.45) is 0 Å². The monoisotopic (exact) mass is 344 g/mol. The van der Waals surface area contributed by atoms with Crippen LogP contribution in [0.1, 0.15) is 10.4 Å². The lowest BCUT2D eigenvalue weighted by molar-refractivity contribution is 0.111. The predicted molar refractivity (Wildman–Crippen MR) is 83.5 cm³/mol. The first-order valence-corrected chi connectivity index (χ1v) is 7.07. The largest absolute Gasteiger partial charge is 0.456 e. The number of benzene rings is 3. The van der Waals surface area contributed by atoms with Gasteiger partial charge in [-0.05, 0) is 47.2 Å². The molecule has 0 aliphatic rings. The highest BCUT2D eigenvalue weighted by atomic mass is 79.9. The molecule has 0 amide bonds. The van der Waals surface area contributed by atoms with E-state index in [4.69, 9.17) is 4.74 Å². The number of carbonyl (C=O) groups excluding carboxylic acids is 1. The van der Waals surface area contributed by atoms with Crippen molar-refractivity contribution in [1.82, 2.24) is 0 Å². The molecule has 2 nitrogen and oxygen atoms in total. The molecule has 21 heavy (non-hydrogen) atoms. The van der Waals surface area contributed by atoms with Gasteiger partial charge in [0.05, 0.1) is 5.56 Å². The van der Waals surface area contributed by atoms with Gasteiger partial charge in [0, 0.05) is 4.47 Å². The Hall–Kier alpha value is -2.20. The van der Waals surface area contributed by atoms with Gasteiger partial charge in [-0.1, -0.05) is 34.1 Å². The summed E-state index contributed by atoms with van der Waals surface area (Å²) in [6.45, 7) is 0. The Morgan fingerprint density at radius 1 is 1.00 bits per heavy atom. The topological polar surface area (TPSA) is 26.3 Å². The molecule has 0 saturated heterocycles. The van der Waals surface area contributed by atoms with Crippen molar-refractivity contribution in [3.63, 3.8) is 0 Å². The molecular formula is C17H10BrFO2. The van der Waals surface area contributed by atoms with Gasteiger partial charge in [-0.3, -0.25) is 4.79 Å². The van der Waals surface area contributed by atoms with E-state index in [1.54, 1.807) is 12.1 Å². The number of carbonyl (C=O) groups is 1. The Kier molecular flexibility index (Phi) is 3.71. The highest BCUT2D eigenvalue weighted by Crippen LogP contribution is 2.29. The van der Waals surface area contributed by atoms with Crippen LogP contribution in [0.25, 0.3) is 10.8 Å². The van der Waals surface area contributed by atoms with Gasteiger partial charge in [0.25, 0.3) is 0 Å². The van der Waals surface area contributed by atoms with Crippen molar-refractivity contribution in [2.75, 3.05) is 0 Å². The van der Waals surface area contributed by atoms with Gasteiger partial charge in [-0.15, -0.1) is 0 Å². The smallest absolute Gasteiger partial charge is 0.156 e. The van der Waals surface area contributed by atoms with Gasteiger partial charge in [0.2, 0.25) is 0 Å². The molecule has 0 aliphatic carbocycles. The van der Waals surface area contributed by atoms with Gasteiger partial charge < -0.3 is 4.74 Å². The van der Waals surface area contributed by atoms with Crippen LogP contribution >= 0.6 is 15.9 Å². The molecule has 0 aromatic heterocycles. The van der Waals surface area contributed by atoms with Crippen LogP contribution in [-0.4, -0.2) is 6.29 Å². The minimum absolute atomic E-state index is 0.0756. The summed E-state index contributed by atoms with van der Waals surface area (Å²) in [6.07, 6.45) is 0.461. The number of hydrogen-bond donors (Lipinski definition) is 0. The first kappa shape index (κ1) is 13.8. The second-order valence-electron chi connectivity index (χ2n) is 4.52. The molecule has 0 unspecified atom stereocenters. The van der Waals surface area contributed by atoms with Crippen molar-refractivity contribution >= 4 is 33.0 Å². The summed E-state index contributed by atoms with van der Waals surface area (Å²) in [5.74, 6) is 0.173. The Labute approximate surface area is 129 Å². The van der Waals surface area contributed by atoms with Gasteiger partial charge in [0.15, 0.2) is 6.29 Å². The molecule has 3 rings (SSSR count). The molecule has 0 radical (unpaired) electrons. The molecule has 104 valence electrons. The summed E-state index contributed by atoms with van der Waals surface area (Å²) in [7, 11) is 0. The number of hydrogen-bond acceptors (Lipinski definition) is 2. The Bertz CT molecular complexity index is 830. The second kappa shape index (κ2) is 5.66. The van der Waals surface area contributed by atoms with Crippen molar-refractivity contribution in [1.29, 1.82) is 0 Å². The van der Waals surface area contributed by atoms with Crippen molar-refractivity contribution in [3.8, 4) is 11.5 Å². The van der Waals surface area contributed by atoms with Gasteiger partial charge in [0.1, 0.15) is 17.3 Å². The maximum absolute atomic E-state index is 13.5. The summed E-state index contributed by atoms with van der Waals surface area (Å²) >= 11 is 3.42. The first-order chi connectivity index (χ1) is 10.2. The molecule has 0 atom stereocenters. The second-order valence-corrected chi connectivity index (χ2v) is 5.44. The molecule has 3 aromatic carbocycles. The lowest BCUT2D eigenvalue weighted by Crippen LogP contribution is -1.94. The summed E-state index contributed by atoms with van der Waals surface area (Å²) in [5.41, 5.74) is -0.0756. The van der Waals surface area contributed by atoms with Gasteiger partial charge in [-0.25, -0.2) is 4.39 Å². The van der Waals surface area contributed by atoms with E-state index in [-0.39, 0.29) is 11.3 Å². The van der Waals surface area contributed by atoms with E-state index in [1.807, 2.05) is 30.3 Å². The summed E-state index contributed by atoms with van der Waals surface area (Å²) in [6, 6.07) is 15.7. The standard InChI is InChI=1S/C17H10BrFO2/c18-13-6-4-12-9-14(7-5-11(12)8-13)21-17-3-1-2-16(19)15(17)10-20/h1-10H. The number of rotatable bonds is 3. The SMILES string of the molecule is O=Cc1c(F)cccc1Oc1ccc2cc(Br)ccc2c1. The molecule has 0 aliphatic heterocycles. The highest BCUT2D eigenvalue weighted by Gasteiger charge is 2.09. The lowest BCUT2D eigenvalue weighted by atomic mass is 10.1. The van der Waals surface area contributed by atoms with Crippen molar-refractivity contribution in [2.45, 2.75) is 0 Å². The van der Waals surface area contributed by atoms with Gasteiger partial charge >= 0.3 is 0 Å². The van der Waals surface area contributed by atoms with Crippen LogP contribution < -0.4 is 4.74 Å². The average molecular weight is 345 g/mol. The number of ether oxygens (including phenoxy) is 1. The zero-order valence-corrected chi connectivity index (χ0v) is 12.4. The zero-order chi connectivity index (χ0) is 14.8. The van der Waals surface area contributed by atoms with E-state index in [1.165, 1.54) is 12.1 Å². The Balaban J connectivity index is 2.00. The molecule has 0 bridgehead atoms. The summed E-state index contributed by atoms with van der Waals surface area (Å²) < 4.78 is 20.2. The number of aldehydes is 1. The van der Waals surface area contributed by atoms with Crippen LogP contribution in [0.3, 0.4) is 0 Å². The number of fused-ring (bicyclic) bond motifs is 1. The van der Waals surface area contributed by atoms with Gasteiger partial charge in [-0.2, -0.15) is 0 Å². The Morgan fingerprint density at radius 3 is 2.57 bits per heavy atom. The van der Waals surface area contributed by atoms with Crippen LogP contribution in [-0.2, 0) is 0 Å². The minimum Gasteiger partial charge on any atom is -0.456 e. The molecule has 0 spiro atoms. The zero-order valence-electron chi connectivity index (χ0n) is 10.8. The van der Waals surface area contributed by atoms with Crippen molar-refractivity contribution in [3.05, 3.63) is 70.5 Å². The summed E-state index contributed by atoms with van der Waals surface area (Å²) in [4.78, 5) is 11.0. The first-order valence-electron chi connectivity index (χ1n) is 6.28. The molecule has 0 heterocycles. The molecule has 3 aromatic rings. The van der Waals surface area contributed by atoms with E-state index in [0.717, 1.165) is 15.2 Å². The van der Waals surface area contributed by atoms with E-state index in [9.17, 15) is 9.18 Å². The third-order valence-corrected chi connectivity index (χ3v) is 3.63. The number of halogens is 2. The van der Waals surface area contributed by atoms with E-state index >= 15 is 0 Å². The van der Waals surface area contributed by atoms with E-state index < -0.39 is 5.82 Å². The van der Waals surface area contributed by atoms with Crippen LogP contribution in [0.2, 0.25) is 0 Å². The molecular weight excluding hydrogens is 335 g/mol. The van der Waals surface area contributed by atoms with Crippen LogP contribution in [0.15, 0.2) is 59.1 Å². The average Bonchev–Trinajstić information content (AvgIpc) is 2.48. The predicted octanol–water partition coefficient (Wildman–Crippen LogP) is 5.35. The lowest BCUT2D eigenvalue weighted by Gasteiger charge is -2.09. The van der Waals surface area contributed by atoms with Crippen molar-refractivity contribution < 1.29 is 13.9 Å². The highest BCUT2D eigenvalue weighted by molar-refractivity contribution is 9.10.